The van der Waals surface area contributed by atoms with Crippen LogP contribution in [0.25, 0.3) is 0 Å². The molecule has 16 heavy (non-hydrogen) atoms. The molecule has 0 spiro atoms. The summed E-state index contributed by atoms with van der Waals surface area (Å²) in [4.78, 5) is 0. The van der Waals surface area contributed by atoms with Gasteiger partial charge in [0.2, 0.25) is 0 Å². The van der Waals surface area contributed by atoms with E-state index in [0.717, 1.165) is 32.5 Å². The average molecular weight is 231 g/mol. The molecular formula is C13H29NO2. The summed E-state index contributed by atoms with van der Waals surface area (Å²) in [5, 5.41) is 3.32. The molecule has 1 atom stereocenters. The van der Waals surface area contributed by atoms with E-state index >= 15 is 0 Å². The molecule has 0 fully saturated rings. The molecule has 0 rings (SSSR count). The molecule has 98 valence electrons. The molecular weight excluding hydrogens is 202 g/mol. The lowest BCUT2D eigenvalue weighted by atomic mass is 10.1. The standard InChI is InChI=1S/C13H29NO2/c1-6-14-10-7-8-12(2)16-11-9-13(3,4)15-5/h12,14H,6-11H2,1-5H3. The van der Waals surface area contributed by atoms with Crippen LogP contribution in [0.15, 0.2) is 0 Å². The van der Waals surface area contributed by atoms with Crippen molar-refractivity contribution in [1.82, 2.24) is 5.32 Å². The Morgan fingerprint density at radius 1 is 1.31 bits per heavy atom. The number of rotatable bonds is 10. The molecule has 0 heterocycles. The van der Waals surface area contributed by atoms with Crippen molar-refractivity contribution in [2.45, 2.75) is 58.7 Å². The fourth-order valence-electron chi connectivity index (χ4n) is 1.38. The van der Waals surface area contributed by atoms with Crippen molar-refractivity contribution in [1.29, 1.82) is 0 Å². The summed E-state index contributed by atoms with van der Waals surface area (Å²) in [5.74, 6) is 0. The van der Waals surface area contributed by atoms with Crippen molar-refractivity contribution in [2.24, 2.45) is 0 Å². The minimum atomic E-state index is -0.0660. The summed E-state index contributed by atoms with van der Waals surface area (Å²) in [6.45, 7) is 11.4. The van der Waals surface area contributed by atoms with E-state index < -0.39 is 0 Å². The van der Waals surface area contributed by atoms with E-state index in [1.54, 1.807) is 7.11 Å². The monoisotopic (exact) mass is 231 g/mol. The maximum absolute atomic E-state index is 5.75. The molecule has 0 radical (unpaired) electrons. The summed E-state index contributed by atoms with van der Waals surface area (Å²) in [5.41, 5.74) is -0.0660. The predicted molar refractivity (Wildman–Crippen MR) is 68.9 cm³/mol. The Bertz CT molecular complexity index is 160. The second kappa shape index (κ2) is 8.97. The van der Waals surface area contributed by atoms with Crippen molar-refractivity contribution in [3.05, 3.63) is 0 Å². The van der Waals surface area contributed by atoms with Gasteiger partial charge in [-0.2, -0.15) is 0 Å². The largest absolute Gasteiger partial charge is 0.379 e. The Morgan fingerprint density at radius 2 is 2.00 bits per heavy atom. The third-order valence-corrected chi connectivity index (χ3v) is 2.87. The van der Waals surface area contributed by atoms with Crippen LogP contribution in [0.2, 0.25) is 0 Å². The van der Waals surface area contributed by atoms with Crippen molar-refractivity contribution in [3.63, 3.8) is 0 Å². The van der Waals surface area contributed by atoms with Gasteiger partial charge in [0.25, 0.3) is 0 Å². The highest BCUT2D eigenvalue weighted by atomic mass is 16.5. The van der Waals surface area contributed by atoms with Crippen LogP contribution >= 0.6 is 0 Å². The summed E-state index contributed by atoms with van der Waals surface area (Å²) >= 11 is 0. The van der Waals surface area contributed by atoms with Crippen LogP contribution in [0.3, 0.4) is 0 Å². The summed E-state index contributed by atoms with van der Waals surface area (Å²) in [7, 11) is 1.75. The second-order valence-electron chi connectivity index (χ2n) is 4.89. The highest BCUT2D eigenvalue weighted by Crippen LogP contribution is 2.13. The maximum Gasteiger partial charge on any atom is 0.0644 e. The highest BCUT2D eigenvalue weighted by Gasteiger charge is 2.16. The van der Waals surface area contributed by atoms with Crippen LogP contribution in [0.1, 0.15) is 47.0 Å². The maximum atomic E-state index is 5.75. The first-order valence-corrected chi connectivity index (χ1v) is 6.39. The van der Waals surface area contributed by atoms with E-state index in [9.17, 15) is 0 Å². The zero-order chi connectivity index (χ0) is 12.4. The predicted octanol–water partition coefficient (Wildman–Crippen LogP) is 2.60. The summed E-state index contributed by atoms with van der Waals surface area (Å²) in [6, 6.07) is 0. The van der Waals surface area contributed by atoms with Crippen molar-refractivity contribution in [2.75, 3.05) is 26.8 Å². The Labute approximate surface area is 101 Å². The van der Waals surface area contributed by atoms with Gasteiger partial charge in [-0.1, -0.05) is 6.92 Å². The number of hydrogen-bond acceptors (Lipinski definition) is 3. The lowest BCUT2D eigenvalue weighted by Gasteiger charge is -2.23. The molecule has 0 amide bonds. The van der Waals surface area contributed by atoms with E-state index in [4.69, 9.17) is 9.47 Å². The van der Waals surface area contributed by atoms with Crippen LogP contribution in [-0.2, 0) is 9.47 Å². The third kappa shape index (κ3) is 9.13. The Morgan fingerprint density at radius 3 is 2.56 bits per heavy atom. The van der Waals surface area contributed by atoms with Gasteiger partial charge in [-0.05, 0) is 53.1 Å². The molecule has 3 heteroatoms. The molecule has 1 N–H and O–H groups in total. The molecule has 0 saturated carbocycles. The second-order valence-corrected chi connectivity index (χ2v) is 4.89. The normalized spacial score (nSPS) is 14.1. The molecule has 0 aromatic heterocycles. The minimum Gasteiger partial charge on any atom is -0.379 e. The number of hydrogen-bond donors (Lipinski definition) is 1. The molecule has 1 unspecified atom stereocenters. The van der Waals surface area contributed by atoms with Crippen LogP contribution in [0.4, 0.5) is 0 Å². The number of ether oxygens (including phenoxy) is 2. The van der Waals surface area contributed by atoms with Gasteiger partial charge in [-0.3, -0.25) is 0 Å². The van der Waals surface area contributed by atoms with Crippen molar-refractivity contribution < 1.29 is 9.47 Å². The minimum absolute atomic E-state index is 0.0660. The molecule has 0 aromatic carbocycles. The Kier molecular flexibility index (Phi) is 8.90. The molecule has 0 aliphatic carbocycles. The van der Waals surface area contributed by atoms with Gasteiger partial charge in [-0.15, -0.1) is 0 Å². The quantitative estimate of drug-likeness (QED) is 0.586. The van der Waals surface area contributed by atoms with E-state index in [-0.39, 0.29) is 5.60 Å². The van der Waals surface area contributed by atoms with Gasteiger partial charge in [0.05, 0.1) is 11.7 Å². The smallest absolute Gasteiger partial charge is 0.0644 e. The Hall–Kier alpha value is -0.120. The molecule has 0 aliphatic rings. The first-order chi connectivity index (χ1) is 7.52. The average Bonchev–Trinajstić information content (AvgIpc) is 2.24. The van der Waals surface area contributed by atoms with Crippen LogP contribution in [0.5, 0.6) is 0 Å². The highest BCUT2D eigenvalue weighted by molar-refractivity contribution is 4.67. The summed E-state index contributed by atoms with van der Waals surface area (Å²) in [6.07, 6.45) is 3.61. The lowest BCUT2D eigenvalue weighted by molar-refractivity contribution is -0.0248. The molecule has 0 bridgehead atoms. The topological polar surface area (TPSA) is 30.5 Å². The van der Waals surface area contributed by atoms with Gasteiger partial charge in [0.1, 0.15) is 0 Å². The molecule has 0 aromatic rings. The zero-order valence-electron chi connectivity index (χ0n) is 11.6. The SMILES string of the molecule is CCNCCCC(C)OCCC(C)(C)OC. The Balaban J connectivity index is 3.40. The third-order valence-electron chi connectivity index (χ3n) is 2.87. The number of methoxy groups -OCH3 is 1. The van der Waals surface area contributed by atoms with E-state index in [2.05, 4.69) is 33.0 Å². The van der Waals surface area contributed by atoms with Crippen molar-refractivity contribution in [3.8, 4) is 0 Å². The lowest BCUT2D eigenvalue weighted by Crippen LogP contribution is -2.25. The number of nitrogens with one attached hydrogen (secondary N) is 1. The zero-order valence-corrected chi connectivity index (χ0v) is 11.6. The van der Waals surface area contributed by atoms with E-state index in [0.29, 0.717) is 6.10 Å². The first-order valence-electron chi connectivity index (χ1n) is 6.39. The van der Waals surface area contributed by atoms with E-state index in [1.807, 2.05) is 0 Å². The van der Waals surface area contributed by atoms with Gasteiger partial charge in [0.15, 0.2) is 0 Å². The van der Waals surface area contributed by atoms with Gasteiger partial charge >= 0.3 is 0 Å². The van der Waals surface area contributed by atoms with Crippen LogP contribution in [0, 0.1) is 0 Å². The van der Waals surface area contributed by atoms with Crippen LogP contribution in [-0.4, -0.2) is 38.5 Å². The molecule has 0 saturated heterocycles. The molecule has 3 nitrogen and oxygen atoms in total. The fourth-order valence-corrected chi connectivity index (χ4v) is 1.38. The van der Waals surface area contributed by atoms with Gasteiger partial charge in [-0.25, -0.2) is 0 Å². The van der Waals surface area contributed by atoms with Crippen molar-refractivity contribution >= 4 is 0 Å². The van der Waals surface area contributed by atoms with Gasteiger partial charge < -0.3 is 14.8 Å². The van der Waals surface area contributed by atoms with Gasteiger partial charge in [0, 0.05) is 13.7 Å². The first kappa shape index (κ1) is 15.9. The van der Waals surface area contributed by atoms with Crippen LogP contribution < -0.4 is 5.32 Å². The van der Waals surface area contributed by atoms with E-state index in [1.165, 1.54) is 6.42 Å². The summed E-state index contributed by atoms with van der Waals surface area (Å²) < 4.78 is 11.1. The molecule has 0 aliphatic heterocycles. The fraction of sp³-hybridized carbons (Fsp3) is 1.00.